The van der Waals surface area contributed by atoms with Crippen LogP contribution >= 0.6 is 11.3 Å². The minimum atomic E-state index is -5.05. The van der Waals surface area contributed by atoms with E-state index in [1.807, 2.05) is 0 Å². The lowest BCUT2D eigenvalue weighted by molar-refractivity contribution is -0.143. The third kappa shape index (κ3) is 8.33. The smallest absolute Gasteiger partial charge is 0.416 e. The summed E-state index contributed by atoms with van der Waals surface area (Å²) in [7, 11) is 0. The summed E-state index contributed by atoms with van der Waals surface area (Å²) in [5, 5.41) is 3.08. The van der Waals surface area contributed by atoms with Gasteiger partial charge in [-0.1, -0.05) is 18.3 Å². The Morgan fingerprint density at radius 3 is 2.00 bits per heavy atom. The maximum Gasteiger partial charge on any atom is 0.416 e. The van der Waals surface area contributed by atoms with Gasteiger partial charge in [-0.25, -0.2) is 14.6 Å². The molecule has 0 aliphatic carbocycles. The Hall–Kier alpha value is -4.02. The van der Waals surface area contributed by atoms with Crippen LogP contribution in [0.25, 0.3) is 0 Å². The van der Waals surface area contributed by atoms with Crippen molar-refractivity contribution in [1.29, 1.82) is 0 Å². The van der Waals surface area contributed by atoms with Crippen LogP contribution in [0.5, 0.6) is 0 Å². The number of alkyl halides is 9. The number of benzene rings is 2. The first-order valence-corrected chi connectivity index (χ1v) is 15.6. The van der Waals surface area contributed by atoms with Crippen molar-refractivity contribution in [3.05, 3.63) is 74.8 Å². The molecule has 7 nitrogen and oxygen atoms in total. The molecule has 0 fully saturated rings. The lowest BCUT2D eigenvalue weighted by atomic mass is 9.89. The summed E-state index contributed by atoms with van der Waals surface area (Å²) in [6.07, 6.45) is -15.7. The molecule has 3 aromatic rings. The van der Waals surface area contributed by atoms with Crippen molar-refractivity contribution in [2.75, 3.05) is 23.4 Å². The van der Waals surface area contributed by atoms with E-state index < -0.39 is 59.4 Å². The van der Waals surface area contributed by atoms with Gasteiger partial charge in [-0.3, -0.25) is 4.90 Å². The number of carbonyl (C=O) groups is 2. The van der Waals surface area contributed by atoms with Gasteiger partial charge >= 0.3 is 30.6 Å². The molecule has 0 saturated heterocycles. The van der Waals surface area contributed by atoms with E-state index in [2.05, 4.69) is 10.3 Å². The fraction of sp³-hybridized carbons (Fsp3) is 0.452. The van der Waals surface area contributed by atoms with Crippen LogP contribution in [0, 0.1) is 0 Å². The molecule has 0 saturated carbocycles. The summed E-state index contributed by atoms with van der Waals surface area (Å²) in [4.78, 5) is 31.3. The van der Waals surface area contributed by atoms with Crippen LogP contribution in [-0.4, -0.2) is 36.3 Å². The number of esters is 1. The predicted molar refractivity (Wildman–Crippen MR) is 158 cm³/mol. The Morgan fingerprint density at radius 2 is 1.46 bits per heavy atom. The number of carbonyl (C=O) groups excluding carboxylic acids is 2. The summed E-state index contributed by atoms with van der Waals surface area (Å²) in [5.41, 5.74) is -3.99. The normalized spacial score (nSPS) is 16.8. The lowest BCUT2D eigenvalue weighted by Gasteiger charge is -2.40. The Balaban J connectivity index is 1.72. The average Bonchev–Trinajstić information content (AvgIpc) is 3.41. The molecule has 17 heteroatoms. The van der Waals surface area contributed by atoms with Gasteiger partial charge in [0.05, 0.1) is 47.3 Å². The van der Waals surface area contributed by atoms with Crippen molar-refractivity contribution < 1.29 is 58.6 Å². The third-order valence-electron chi connectivity index (χ3n) is 7.55. The summed E-state index contributed by atoms with van der Waals surface area (Å²) in [5.74, 6) is -0.846. The van der Waals surface area contributed by atoms with Gasteiger partial charge in [-0.15, -0.1) is 0 Å². The maximum atomic E-state index is 13.7. The highest BCUT2D eigenvalue weighted by Gasteiger charge is 2.40. The third-order valence-corrected chi connectivity index (χ3v) is 8.56. The van der Waals surface area contributed by atoms with E-state index >= 15 is 0 Å². The molecule has 262 valence electrons. The number of aromatic nitrogens is 1. The molecule has 2 heterocycles. The number of anilines is 2. The van der Waals surface area contributed by atoms with Crippen LogP contribution in [0.2, 0.25) is 0 Å². The Bertz CT molecular complexity index is 1600. The van der Waals surface area contributed by atoms with Crippen molar-refractivity contribution >= 4 is 34.2 Å². The van der Waals surface area contributed by atoms with Gasteiger partial charge in [0.25, 0.3) is 0 Å². The summed E-state index contributed by atoms with van der Waals surface area (Å²) in [6.45, 7) is 4.86. The Morgan fingerprint density at radius 1 is 0.854 bits per heavy atom. The van der Waals surface area contributed by atoms with E-state index in [1.54, 1.807) is 13.8 Å². The van der Waals surface area contributed by atoms with E-state index in [-0.39, 0.29) is 71.1 Å². The van der Waals surface area contributed by atoms with E-state index in [4.69, 9.17) is 9.47 Å². The SMILES string of the molecule is CCOC(=O)c1sc(N[C@H]2C[C@@H](CC)N(C(=O)OCC)c3ccc(C(F)(F)F)cc32)nc1CCc1cc(C(F)(F)F)cc(C(F)(F)F)c1. The molecule has 0 radical (unpaired) electrons. The predicted octanol–water partition coefficient (Wildman–Crippen LogP) is 9.46. The number of halogens is 9. The first-order valence-electron chi connectivity index (χ1n) is 14.8. The monoisotopic (exact) mass is 711 g/mol. The van der Waals surface area contributed by atoms with Crippen LogP contribution in [0.15, 0.2) is 36.4 Å². The van der Waals surface area contributed by atoms with Crippen molar-refractivity contribution in [2.24, 2.45) is 0 Å². The molecule has 1 aromatic heterocycles. The number of hydrogen-bond donors (Lipinski definition) is 1. The van der Waals surface area contributed by atoms with Gasteiger partial charge in [0, 0.05) is 6.04 Å². The average molecular weight is 712 g/mol. The number of fused-ring (bicyclic) bond motifs is 1. The standard InChI is InChI=1S/C31H30F9N3O4S/c1-4-20-15-23(21-14-17(29(32,33)34)8-10-24(21)43(20)28(45)47-6-3)42-27-41-22(25(48-27)26(44)46-5-2)9-7-16-11-18(30(35,36)37)13-19(12-16)31(38,39)40/h8,10-14,20,23H,4-7,9,15H2,1-3H3,(H,41,42)/t20-,23+/m1/s1. The maximum absolute atomic E-state index is 13.7. The number of aryl methyl sites for hydroxylation is 2. The number of nitrogens with zero attached hydrogens (tertiary/aromatic N) is 2. The summed E-state index contributed by atoms with van der Waals surface area (Å²) in [6, 6.07) is 2.73. The second-order valence-corrected chi connectivity index (χ2v) is 11.8. The highest BCUT2D eigenvalue weighted by molar-refractivity contribution is 7.17. The van der Waals surface area contributed by atoms with Crippen LogP contribution in [0.4, 0.5) is 55.1 Å². The minimum absolute atomic E-state index is 0.00665. The number of rotatable bonds is 9. The van der Waals surface area contributed by atoms with Gasteiger partial charge in [-0.2, -0.15) is 39.5 Å². The fourth-order valence-corrected chi connectivity index (χ4v) is 6.33. The molecule has 2 aromatic carbocycles. The lowest BCUT2D eigenvalue weighted by Crippen LogP contribution is -2.46. The zero-order valence-electron chi connectivity index (χ0n) is 25.7. The van der Waals surface area contributed by atoms with Crippen molar-refractivity contribution in [1.82, 2.24) is 4.98 Å². The molecule has 0 bridgehead atoms. The van der Waals surface area contributed by atoms with Crippen molar-refractivity contribution in [2.45, 2.75) is 77.1 Å². The molecule has 0 unspecified atom stereocenters. The van der Waals surface area contributed by atoms with Crippen LogP contribution in [-0.2, 0) is 40.8 Å². The molecule has 1 N–H and O–H groups in total. The molecule has 48 heavy (non-hydrogen) atoms. The number of hydrogen-bond acceptors (Lipinski definition) is 7. The number of amides is 1. The van der Waals surface area contributed by atoms with E-state index in [9.17, 15) is 49.1 Å². The quantitative estimate of drug-likeness (QED) is 0.176. The number of nitrogens with one attached hydrogen (secondary N) is 1. The van der Waals surface area contributed by atoms with Gasteiger partial charge < -0.3 is 14.8 Å². The fourth-order valence-electron chi connectivity index (χ4n) is 5.37. The van der Waals surface area contributed by atoms with Gasteiger partial charge in [0.1, 0.15) is 4.88 Å². The molecule has 1 amide bonds. The molecule has 0 spiro atoms. The van der Waals surface area contributed by atoms with Crippen molar-refractivity contribution in [3.63, 3.8) is 0 Å². The van der Waals surface area contributed by atoms with E-state index in [0.717, 1.165) is 23.5 Å². The Kier molecular flexibility index (Phi) is 10.9. The van der Waals surface area contributed by atoms with Crippen molar-refractivity contribution in [3.8, 4) is 0 Å². The minimum Gasteiger partial charge on any atom is -0.462 e. The topological polar surface area (TPSA) is 80.8 Å². The molecular weight excluding hydrogens is 681 g/mol. The van der Waals surface area contributed by atoms with Gasteiger partial charge in [0.15, 0.2) is 5.13 Å². The van der Waals surface area contributed by atoms with E-state index in [0.29, 0.717) is 18.6 Å². The Labute approximate surface area is 273 Å². The molecule has 1 aliphatic rings. The van der Waals surface area contributed by atoms with Gasteiger partial charge in [0.2, 0.25) is 0 Å². The zero-order chi connectivity index (χ0) is 35.6. The highest BCUT2D eigenvalue weighted by Crippen LogP contribution is 2.44. The number of ether oxygens (including phenoxy) is 2. The number of thiazole rings is 1. The summed E-state index contributed by atoms with van der Waals surface area (Å²) >= 11 is 0.775. The second-order valence-electron chi connectivity index (χ2n) is 10.8. The van der Waals surface area contributed by atoms with Crippen LogP contribution < -0.4 is 10.2 Å². The highest BCUT2D eigenvalue weighted by atomic mass is 32.1. The summed E-state index contributed by atoms with van der Waals surface area (Å²) < 4.78 is 132. The van der Waals surface area contributed by atoms with E-state index in [1.165, 1.54) is 17.9 Å². The van der Waals surface area contributed by atoms with Gasteiger partial charge in [-0.05, 0) is 87.1 Å². The molecule has 2 atom stereocenters. The first-order chi connectivity index (χ1) is 22.4. The van der Waals surface area contributed by atoms with Crippen LogP contribution in [0.1, 0.15) is 82.8 Å². The molecular formula is C31H30F9N3O4S. The largest absolute Gasteiger partial charge is 0.462 e. The first kappa shape index (κ1) is 36.8. The molecule has 1 aliphatic heterocycles. The van der Waals surface area contributed by atoms with Crippen LogP contribution in [0.3, 0.4) is 0 Å². The zero-order valence-corrected chi connectivity index (χ0v) is 26.5. The second kappa shape index (κ2) is 14.2. The molecule has 4 rings (SSSR count).